The van der Waals surface area contributed by atoms with Gasteiger partial charge in [-0.05, 0) is 33.1 Å². The minimum absolute atomic E-state index is 0.380. The van der Waals surface area contributed by atoms with Crippen molar-refractivity contribution in [1.82, 2.24) is 4.90 Å². The van der Waals surface area contributed by atoms with E-state index in [0.29, 0.717) is 0 Å². The number of unbranched alkanes of at least 4 members (excludes halogenated alkanes) is 9. The van der Waals surface area contributed by atoms with Crippen LogP contribution in [0.1, 0.15) is 84.5 Å². The average molecular weight is 309 g/mol. The van der Waals surface area contributed by atoms with Crippen LogP contribution in [-0.4, -0.2) is 35.2 Å². The molecule has 1 N–H and O–H groups in total. The van der Waals surface area contributed by atoms with Crippen molar-refractivity contribution in [1.29, 1.82) is 0 Å². The zero-order valence-corrected chi connectivity index (χ0v) is 14.8. The van der Waals surface area contributed by atoms with Crippen molar-refractivity contribution in [3.63, 3.8) is 0 Å². The summed E-state index contributed by atoms with van der Waals surface area (Å²) in [6.07, 6.45) is 18.5. The first kappa shape index (κ1) is 19.2. The topological polar surface area (TPSA) is 35.8 Å². The molecule has 0 bridgehead atoms. The summed E-state index contributed by atoms with van der Waals surface area (Å²) < 4.78 is 0. The maximum atomic E-state index is 9.66. The predicted molar refractivity (Wildman–Crippen MR) is 96.3 cm³/mol. The Kier molecular flexibility index (Phi) is 11.1. The highest BCUT2D eigenvalue weighted by molar-refractivity contribution is 5.83. The van der Waals surface area contributed by atoms with Crippen molar-refractivity contribution >= 4 is 5.84 Å². The van der Waals surface area contributed by atoms with Crippen molar-refractivity contribution in [2.45, 2.75) is 90.7 Å². The molecule has 3 heteroatoms. The van der Waals surface area contributed by atoms with E-state index < -0.39 is 0 Å². The van der Waals surface area contributed by atoms with Gasteiger partial charge >= 0.3 is 0 Å². The lowest BCUT2D eigenvalue weighted by Gasteiger charge is -2.23. The van der Waals surface area contributed by atoms with Crippen LogP contribution in [0.2, 0.25) is 0 Å². The largest absolute Gasteiger partial charge is 0.374 e. The molecule has 0 spiro atoms. The maximum absolute atomic E-state index is 9.66. The quantitative estimate of drug-likeness (QED) is 0.388. The molecule has 0 fully saturated rings. The highest BCUT2D eigenvalue weighted by atomic mass is 16.3. The molecule has 3 nitrogen and oxygen atoms in total. The first-order valence-electron chi connectivity index (χ1n) is 9.35. The summed E-state index contributed by atoms with van der Waals surface area (Å²) in [5.74, 6) is 1.12. The Bertz CT molecular complexity index is 323. The first-order chi connectivity index (χ1) is 10.8. The van der Waals surface area contributed by atoms with Crippen LogP contribution in [0.5, 0.6) is 0 Å². The lowest BCUT2D eigenvalue weighted by atomic mass is 10.1. The zero-order chi connectivity index (χ0) is 16.0. The van der Waals surface area contributed by atoms with Crippen LogP contribution in [0.4, 0.5) is 0 Å². The van der Waals surface area contributed by atoms with Gasteiger partial charge in [-0.3, -0.25) is 4.99 Å². The number of rotatable bonds is 13. The van der Waals surface area contributed by atoms with E-state index in [2.05, 4.69) is 24.1 Å². The number of allylic oxidation sites excluding steroid dienone is 2. The minimum Gasteiger partial charge on any atom is -0.374 e. The second-order valence-corrected chi connectivity index (χ2v) is 6.41. The van der Waals surface area contributed by atoms with Crippen LogP contribution in [0, 0.1) is 0 Å². The van der Waals surface area contributed by atoms with Crippen LogP contribution < -0.4 is 0 Å². The molecule has 0 aromatic heterocycles. The van der Waals surface area contributed by atoms with E-state index in [1.165, 1.54) is 64.2 Å². The van der Waals surface area contributed by atoms with Gasteiger partial charge in [-0.1, -0.05) is 57.1 Å². The SMILES string of the molecule is C/C=C/CCCCCCCCCCCC1=NCCN1C(C)O. The van der Waals surface area contributed by atoms with E-state index in [1.807, 2.05) is 11.8 Å². The summed E-state index contributed by atoms with van der Waals surface area (Å²) in [7, 11) is 0. The van der Waals surface area contributed by atoms with E-state index in [0.717, 1.165) is 25.3 Å². The summed E-state index contributed by atoms with van der Waals surface area (Å²) in [5, 5.41) is 9.66. The zero-order valence-electron chi connectivity index (χ0n) is 14.8. The number of aliphatic hydroxyl groups excluding tert-OH is 1. The molecule has 128 valence electrons. The smallest absolute Gasteiger partial charge is 0.125 e. The highest BCUT2D eigenvalue weighted by Gasteiger charge is 2.19. The highest BCUT2D eigenvalue weighted by Crippen LogP contribution is 2.14. The van der Waals surface area contributed by atoms with Crippen LogP contribution in [0.3, 0.4) is 0 Å². The number of aliphatic imine (C=N–C) groups is 1. The van der Waals surface area contributed by atoms with Crippen LogP contribution >= 0.6 is 0 Å². The van der Waals surface area contributed by atoms with E-state index in [-0.39, 0.29) is 6.23 Å². The fourth-order valence-corrected chi connectivity index (χ4v) is 3.08. The Labute approximate surface area is 137 Å². The summed E-state index contributed by atoms with van der Waals surface area (Å²) in [5.41, 5.74) is 0. The standard InChI is InChI=1S/C19H36N2O/c1-3-4-5-6-7-8-9-10-11-12-13-14-15-19-20-16-17-21(19)18(2)22/h3-4,18,22H,5-17H2,1-2H3/b4-3+. The molecular formula is C19H36N2O. The molecule has 1 rings (SSSR count). The first-order valence-corrected chi connectivity index (χ1v) is 9.35. The Morgan fingerprint density at radius 3 is 2.23 bits per heavy atom. The Balaban J connectivity index is 1.86. The maximum Gasteiger partial charge on any atom is 0.125 e. The lowest BCUT2D eigenvalue weighted by molar-refractivity contribution is 0.0766. The van der Waals surface area contributed by atoms with Gasteiger partial charge in [0.15, 0.2) is 0 Å². The van der Waals surface area contributed by atoms with Gasteiger partial charge in [0.25, 0.3) is 0 Å². The van der Waals surface area contributed by atoms with Crippen LogP contribution in [0.25, 0.3) is 0 Å². The molecule has 0 aromatic carbocycles. The molecule has 0 aliphatic carbocycles. The van der Waals surface area contributed by atoms with E-state index in [9.17, 15) is 5.11 Å². The molecule has 0 saturated carbocycles. The molecule has 1 aliphatic rings. The molecule has 1 atom stereocenters. The van der Waals surface area contributed by atoms with Crippen molar-refractivity contribution < 1.29 is 5.11 Å². The third-order valence-corrected chi connectivity index (χ3v) is 4.42. The molecule has 0 radical (unpaired) electrons. The predicted octanol–water partition coefficient (Wildman–Crippen LogP) is 4.91. The fourth-order valence-electron chi connectivity index (χ4n) is 3.08. The third-order valence-electron chi connectivity index (χ3n) is 4.42. The van der Waals surface area contributed by atoms with Crippen molar-refractivity contribution in [2.75, 3.05) is 13.1 Å². The van der Waals surface area contributed by atoms with E-state index in [1.54, 1.807) is 0 Å². The summed E-state index contributed by atoms with van der Waals surface area (Å²) in [6, 6.07) is 0. The number of hydrogen-bond acceptors (Lipinski definition) is 3. The van der Waals surface area contributed by atoms with E-state index >= 15 is 0 Å². The molecule has 22 heavy (non-hydrogen) atoms. The number of nitrogens with zero attached hydrogens (tertiary/aromatic N) is 2. The Morgan fingerprint density at radius 2 is 1.64 bits per heavy atom. The molecule has 1 heterocycles. The third kappa shape index (κ3) is 8.57. The monoisotopic (exact) mass is 308 g/mol. The van der Waals surface area contributed by atoms with E-state index in [4.69, 9.17) is 0 Å². The second-order valence-electron chi connectivity index (χ2n) is 6.41. The average Bonchev–Trinajstić information content (AvgIpc) is 2.97. The molecule has 0 aromatic rings. The van der Waals surface area contributed by atoms with Crippen molar-refractivity contribution in [2.24, 2.45) is 4.99 Å². The van der Waals surface area contributed by atoms with Gasteiger partial charge < -0.3 is 10.0 Å². The van der Waals surface area contributed by atoms with Gasteiger partial charge in [-0.15, -0.1) is 0 Å². The molecule has 1 aliphatic heterocycles. The Morgan fingerprint density at radius 1 is 1.05 bits per heavy atom. The van der Waals surface area contributed by atoms with Gasteiger partial charge in [0.2, 0.25) is 0 Å². The summed E-state index contributed by atoms with van der Waals surface area (Å²) >= 11 is 0. The van der Waals surface area contributed by atoms with Gasteiger partial charge in [-0.25, -0.2) is 0 Å². The van der Waals surface area contributed by atoms with Gasteiger partial charge in [0, 0.05) is 13.0 Å². The van der Waals surface area contributed by atoms with Crippen LogP contribution in [-0.2, 0) is 0 Å². The summed E-state index contributed by atoms with van der Waals surface area (Å²) in [4.78, 5) is 6.54. The normalized spacial score (nSPS) is 16.5. The van der Waals surface area contributed by atoms with Crippen LogP contribution in [0.15, 0.2) is 17.1 Å². The lowest BCUT2D eigenvalue weighted by Crippen LogP contribution is -2.35. The van der Waals surface area contributed by atoms with Gasteiger partial charge in [0.05, 0.1) is 6.54 Å². The molecule has 0 amide bonds. The molecule has 0 saturated heterocycles. The second kappa shape index (κ2) is 12.7. The fraction of sp³-hybridized carbons (Fsp3) is 0.842. The molecule has 1 unspecified atom stereocenters. The Hall–Kier alpha value is -0.830. The number of hydrogen-bond donors (Lipinski definition) is 1. The summed E-state index contributed by atoms with van der Waals surface area (Å²) in [6.45, 7) is 5.68. The molecular weight excluding hydrogens is 272 g/mol. The van der Waals surface area contributed by atoms with Crippen molar-refractivity contribution in [3.8, 4) is 0 Å². The van der Waals surface area contributed by atoms with Gasteiger partial charge in [0.1, 0.15) is 12.1 Å². The van der Waals surface area contributed by atoms with Crippen molar-refractivity contribution in [3.05, 3.63) is 12.2 Å². The number of aliphatic hydroxyl groups is 1. The number of amidine groups is 1. The van der Waals surface area contributed by atoms with Gasteiger partial charge in [-0.2, -0.15) is 0 Å². The minimum atomic E-state index is -0.380.